The predicted molar refractivity (Wildman–Crippen MR) is 69.7 cm³/mol. The lowest BCUT2D eigenvalue weighted by Gasteiger charge is -2.33. The highest BCUT2D eigenvalue weighted by atomic mass is 32.2. The van der Waals surface area contributed by atoms with Gasteiger partial charge in [0, 0.05) is 0 Å². The lowest BCUT2D eigenvalue weighted by atomic mass is 10.2. The van der Waals surface area contributed by atoms with Crippen molar-refractivity contribution in [2.24, 2.45) is 5.84 Å². The van der Waals surface area contributed by atoms with Crippen molar-refractivity contribution in [2.45, 2.75) is 12.5 Å². The first-order chi connectivity index (χ1) is 9.71. The molecule has 1 aliphatic heterocycles. The van der Waals surface area contributed by atoms with E-state index in [1.54, 1.807) is 0 Å². The molecule has 21 heavy (non-hydrogen) atoms. The molecule has 0 aliphatic carbocycles. The third-order valence-corrected chi connectivity index (χ3v) is 4.01. The fraction of sp³-hybridized carbons (Fsp3) is 0.800. The number of aliphatic hydroxyl groups excluding tert-OH is 1. The summed E-state index contributed by atoms with van der Waals surface area (Å²) in [5.74, 6) is 3.19. The first-order valence-corrected chi connectivity index (χ1v) is 8.01. The monoisotopic (exact) mass is 324 g/mol. The second-order valence-corrected chi connectivity index (χ2v) is 6.41. The van der Waals surface area contributed by atoms with Crippen LogP contribution in [0.3, 0.4) is 0 Å². The Morgan fingerprint density at radius 3 is 2.43 bits per heavy atom. The Morgan fingerprint density at radius 1 is 1.38 bits per heavy atom. The van der Waals surface area contributed by atoms with Crippen molar-refractivity contribution in [3.63, 3.8) is 0 Å². The van der Waals surface area contributed by atoms with E-state index in [0.717, 1.165) is 4.90 Å². The molecule has 0 aromatic carbocycles. The van der Waals surface area contributed by atoms with Crippen LogP contribution in [0.15, 0.2) is 0 Å². The summed E-state index contributed by atoms with van der Waals surface area (Å²) in [6.45, 7) is 1.93. The summed E-state index contributed by atoms with van der Waals surface area (Å²) in [6, 6.07) is 0. The zero-order chi connectivity index (χ0) is 16.0. The lowest BCUT2D eigenvalue weighted by Crippen LogP contribution is -3.16. The molecule has 0 aromatic heterocycles. The fourth-order valence-corrected chi connectivity index (χ4v) is 2.79. The molecule has 1 rings (SSSR count). The molecule has 0 spiro atoms. The van der Waals surface area contributed by atoms with Crippen LogP contribution in [0.5, 0.6) is 0 Å². The van der Waals surface area contributed by atoms with Gasteiger partial charge in [0.15, 0.2) is 0 Å². The topological polar surface area (TPSA) is 157 Å². The van der Waals surface area contributed by atoms with Gasteiger partial charge in [0.1, 0.15) is 19.1 Å². The summed E-state index contributed by atoms with van der Waals surface area (Å²) in [7, 11) is -4.45. The van der Waals surface area contributed by atoms with Crippen LogP contribution >= 0.6 is 0 Å². The number of carbonyl (C=O) groups is 2. The van der Waals surface area contributed by atoms with Gasteiger partial charge in [-0.3, -0.25) is 15.0 Å². The maximum atomic E-state index is 11.7. The van der Waals surface area contributed by atoms with Crippen LogP contribution in [0, 0.1) is 0 Å². The molecule has 1 atom stereocenters. The SMILES string of the molecule is NNC(=O)CC(=O)N1CC[NH+](C[C@H](O)CS(=O)(=O)[O-])CC1. The van der Waals surface area contributed by atoms with Gasteiger partial charge in [-0.25, -0.2) is 14.3 Å². The van der Waals surface area contributed by atoms with Crippen molar-refractivity contribution in [1.82, 2.24) is 10.3 Å². The fourth-order valence-electron chi connectivity index (χ4n) is 2.20. The molecule has 0 aromatic rings. The molecule has 0 unspecified atom stereocenters. The van der Waals surface area contributed by atoms with E-state index in [2.05, 4.69) is 0 Å². The minimum atomic E-state index is -4.45. The molecule has 0 saturated carbocycles. The zero-order valence-corrected chi connectivity index (χ0v) is 12.3. The highest BCUT2D eigenvalue weighted by molar-refractivity contribution is 7.85. The molecular weight excluding hydrogens is 304 g/mol. The summed E-state index contributed by atoms with van der Waals surface area (Å²) in [5, 5.41) is 9.52. The highest BCUT2D eigenvalue weighted by Crippen LogP contribution is 1.96. The molecule has 10 nitrogen and oxygen atoms in total. The molecule has 1 fully saturated rings. The van der Waals surface area contributed by atoms with Crippen molar-refractivity contribution in [3.8, 4) is 0 Å². The van der Waals surface area contributed by atoms with Crippen LogP contribution in [0.4, 0.5) is 0 Å². The van der Waals surface area contributed by atoms with Crippen molar-refractivity contribution in [3.05, 3.63) is 0 Å². The lowest BCUT2D eigenvalue weighted by molar-refractivity contribution is -0.906. The van der Waals surface area contributed by atoms with Gasteiger partial charge in [0.2, 0.25) is 11.8 Å². The van der Waals surface area contributed by atoms with Crippen molar-refractivity contribution >= 4 is 21.9 Å². The number of nitrogens with one attached hydrogen (secondary N) is 2. The summed E-state index contributed by atoms with van der Waals surface area (Å²) >= 11 is 0. The van der Waals surface area contributed by atoms with Crippen LogP contribution < -0.4 is 16.2 Å². The number of aliphatic hydroxyl groups is 1. The molecule has 1 heterocycles. The van der Waals surface area contributed by atoms with E-state index >= 15 is 0 Å². The minimum absolute atomic E-state index is 0.132. The van der Waals surface area contributed by atoms with E-state index in [1.807, 2.05) is 5.43 Å². The Balaban J connectivity index is 2.35. The molecular formula is C10H20N4O6S. The molecule has 1 saturated heterocycles. The van der Waals surface area contributed by atoms with Crippen molar-refractivity contribution in [2.75, 3.05) is 38.5 Å². The Kier molecular flexibility index (Phi) is 6.48. The largest absolute Gasteiger partial charge is 0.748 e. The minimum Gasteiger partial charge on any atom is -0.748 e. The van der Waals surface area contributed by atoms with Gasteiger partial charge in [-0.15, -0.1) is 0 Å². The maximum Gasteiger partial charge on any atom is 0.243 e. The number of nitrogens with two attached hydrogens (primary N) is 1. The van der Waals surface area contributed by atoms with Gasteiger partial charge >= 0.3 is 0 Å². The number of nitrogens with zero attached hydrogens (tertiary/aromatic N) is 1. The third-order valence-electron chi connectivity index (χ3n) is 3.22. The van der Waals surface area contributed by atoms with E-state index in [9.17, 15) is 27.7 Å². The normalized spacial score (nSPS) is 18.3. The number of hydrogen-bond acceptors (Lipinski definition) is 7. The predicted octanol–water partition coefficient (Wildman–Crippen LogP) is -5.00. The molecule has 122 valence electrons. The number of quaternary nitrogens is 1. The van der Waals surface area contributed by atoms with Gasteiger partial charge in [0.05, 0.1) is 42.1 Å². The number of hydrogen-bond donors (Lipinski definition) is 4. The van der Waals surface area contributed by atoms with E-state index in [-0.39, 0.29) is 18.9 Å². The van der Waals surface area contributed by atoms with Crippen molar-refractivity contribution in [1.29, 1.82) is 0 Å². The average Bonchev–Trinajstić information content (AvgIpc) is 2.36. The summed E-state index contributed by atoms with van der Waals surface area (Å²) in [4.78, 5) is 25.1. The number of rotatable bonds is 6. The standard InChI is InChI=1S/C10H20N4O6S/c11-12-9(16)5-10(17)14-3-1-13(2-4-14)6-8(15)7-21(18,19)20/h8,15H,1-7,11H2,(H,12,16)(H,18,19,20)/t8-/m0/s1. The van der Waals surface area contributed by atoms with Crippen LogP contribution in [0.2, 0.25) is 0 Å². The quantitative estimate of drug-likeness (QED) is 0.125. The van der Waals surface area contributed by atoms with E-state index in [1.165, 1.54) is 4.90 Å². The molecule has 0 radical (unpaired) electrons. The Morgan fingerprint density at radius 2 is 1.95 bits per heavy atom. The van der Waals surface area contributed by atoms with Gasteiger partial charge in [-0.1, -0.05) is 0 Å². The van der Waals surface area contributed by atoms with E-state index in [4.69, 9.17) is 5.84 Å². The smallest absolute Gasteiger partial charge is 0.243 e. The second kappa shape index (κ2) is 7.66. The number of amides is 2. The number of carbonyl (C=O) groups excluding carboxylic acids is 2. The van der Waals surface area contributed by atoms with Crippen LogP contribution in [-0.4, -0.2) is 79.4 Å². The molecule has 0 bridgehead atoms. The van der Waals surface area contributed by atoms with Crippen LogP contribution in [-0.2, 0) is 19.7 Å². The highest BCUT2D eigenvalue weighted by Gasteiger charge is 2.26. The van der Waals surface area contributed by atoms with Crippen LogP contribution in [0.25, 0.3) is 0 Å². The Bertz CT molecular complexity index is 474. The van der Waals surface area contributed by atoms with Gasteiger partial charge in [0.25, 0.3) is 0 Å². The number of hydrazine groups is 1. The molecule has 11 heteroatoms. The van der Waals surface area contributed by atoms with E-state index in [0.29, 0.717) is 26.2 Å². The Labute approximate surface area is 122 Å². The van der Waals surface area contributed by atoms with Gasteiger partial charge in [-0.05, 0) is 0 Å². The molecule has 2 amide bonds. The zero-order valence-electron chi connectivity index (χ0n) is 11.4. The first-order valence-electron chi connectivity index (χ1n) is 6.43. The van der Waals surface area contributed by atoms with E-state index < -0.39 is 27.9 Å². The first kappa shape index (κ1) is 17.8. The Hall–Kier alpha value is -1.27. The summed E-state index contributed by atoms with van der Waals surface area (Å²) < 4.78 is 31.6. The van der Waals surface area contributed by atoms with Crippen LogP contribution in [0.1, 0.15) is 6.42 Å². The summed E-state index contributed by atoms with van der Waals surface area (Å²) in [6.07, 6.45) is -1.53. The molecule has 1 aliphatic rings. The molecule has 5 N–H and O–H groups in total. The number of piperazine rings is 1. The van der Waals surface area contributed by atoms with Gasteiger partial charge in [-0.2, -0.15) is 0 Å². The maximum absolute atomic E-state index is 11.7. The second-order valence-electron chi connectivity index (χ2n) is 4.96. The van der Waals surface area contributed by atoms with Gasteiger partial charge < -0.3 is 19.5 Å². The summed E-state index contributed by atoms with van der Waals surface area (Å²) in [5.41, 5.74) is 1.88. The van der Waals surface area contributed by atoms with Crippen molar-refractivity contribution < 1.29 is 32.6 Å². The third kappa shape index (κ3) is 6.82. The average molecular weight is 324 g/mol.